The molecule has 6 heteroatoms. The Kier molecular flexibility index (Phi) is 4.95. The van der Waals surface area contributed by atoms with E-state index in [0.717, 1.165) is 16.6 Å². The molecular weight excluding hydrogens is 373 g/mol. The summed E-state index contributed by atoms with van der Waals surface area (Å²) in [7, 11) is 0. The van der Waals surface area contributed by atoms with Crippen LogP contribution < -0.4 is 4.90 Å². The van der Waals surface area contributed by atoms with Crippen LogP contribution in [0.25, 0.3) is 23.1 Å². The molecule has 28 heavy (non-hydrogen) atoms. The van der Waals surface area contributed by atoms with Gasteiger partial charge < -0.3 is 0 Å². The van der Waals surface area contributed by atoms with Crippen molar-refractivity contribution in [3.8, 4) is 0 Å². The van der Waals surface area contributed by atoms with Gasteiger partial charge in [-0.15, -0.1) is 11.3 Å². The van der Waals surface area contributed by atoms with E-state index in [0.29, 0.717) is 10.8 Å². The third-order valence-electron chi connectivity index (χ3n) is 4.15. The van der Waals surface area contributed by atoms with Gasteiger partial charge >= 0.3 is 0 Å². The van der Waals surface area contributed by atoms with Crippen molar-refractivity contribution in [1.82, 2.24) is 9.97 Å². The maximum atomic E-state index is 14.2. The lowest BCUT2D eigenvalue weighted by Crippen LogP contribution is -2.23. The van der Waals surface area contributed by atoms with Crippen LogP contribution in [0.15, 0.2) is 66.0 Å². The summed E-state index contributed by atoms with van der Waals surface area (Å²) >= 11 is 1.28. The third kappa shape index (κ3) is 3.68. The van der Waals surface area contributed by atoms with E-state index < -0.39 is 5.82 Å². The fourth-order valence-electron chi connectivity index (χ4n) is 2.84. The molecule has 0 spiro atoms. The van der Waals surface area contributed by atoms with Gasteiger partial charge in [0.15, 0.2) is 5.13 Å². The highest BCUT2D eigenvalue weighted by Gasteiger charge is 2.20. The average Bonchev–Trinajstić information content (AvgIpc) is 3.16. The molecule has 138 valence electrons. The molecule has 4 rings (SSSR count). The summed E-state index contributed by atoms with van der Waals surface area (Å²) in [5.74, 6) is -0.767. The Labute approximate surface area is 165 Å². The van der Waals surface area contributed by atoms with Gasteiger partial charge in [0.2, 0.25) is 5.91 Å². The minimum absolute atomic E-state index is 0.191. The van der Waals surface area contributed by atoms with Gasteiger partial charge in [-0.1, -0.05) is 36.4 Å². The summed E-state index contributed by atoms with van der Waals surface area (Å²) in [6, 6.07) is 18.0. The summed E-state index contributed by atoms with van der Waals surface area (Å²) in [6.45, 7) is 1.39. The number of carbonyl (C=O) groups excluding carboxylic acids is 1. The van der Waals surface area contributed by atoms with E-state index in [9.17, 15) is 9.18 Å². The second kappa shape index (κ2) is 7.70. The lowest BCUT2D eigenvalue weighted by Gasteiger charge is -2.18. The smallest absolute Gasteiger partial charge is 0.230 e. The minimum atomic E-state index is -0.467. The standard InChI is InChI=1S/C22H16FN3OS/c1-15(27)26(21-9-5-3-7-19(21)23)22-25-18(14-28-22)13-12-17-11-10-16-6-2-4-8-20(16)24-17/h2-14H,1H3/b13-12+. The van der Waals surface area contributed by atoms with E-state index >= 15 is 0 Å². The quantitative estimate of drug-likeness (QED) is 0.451. The number of pyridine rings is 1. The van der Waals surface area contributed by atoms with Crippen LogP contribution in [0, 0.1) is 5.82 Å². The third-order valence-corrected chi connectivity index (χ3v) is 5.00. The second-order valence-corrected chi connectivity index (χ2v) is 6.96. The lowest BCUT2D eigenvalue weighted by molar-refractivity contribution is -0.115. The Balaban J connectivity index is 1.61. The molecule has 2 heterocycles. The van der Waals surface area contributed by atoms with Crippen LogP contribution in [-0.2, 0) is 4.79 Å². The molecule has 0 aliphatic heterocycles. The maximum absolute atomic E-state index is 14.2. The highest BCUT2D eigenvalue weighted by atomic mass is 32.1. The molecule has 0 unspecified atom stereocenters. The van der Waals surface area contributed by atoms with Crippen LogP contribution in [0.4, 0.5) is 15.2 Å². The zero-order valence-electron chi connectivity index (χ0n) is 15.0. The SMILES string of the molecule is CC(=O)N(c1nc(/C=C/c2ccc3ccccc3n2)cs1)c1ccccc1F. The summed E-state index contributed by atoms with van der Waals surface area (Å²) < 4.78 is 14.2. The molecule has 2 aromatic carbocycles. The van der Waals surface area contributed by atoms with Gasteiger partial charge in [-0.3, -0.25) is 9.69 Å². The number of carbonyl (C=O) groups is 1. The Hall–Kier alpha value is -3.38. The zero-order valence-corrected chi connectivity index (χ0v) is 15.9. The number of fused-ring (bicyclic) bond motifs is 1. The first kappa shape index (κ1) is 18.0. The van der Waals surface area contributed by atoms with Crippen molar-refractivity contribution in [3.05, 3.63) is 83.2 Å². The Morgan fingerprint density at radius 2 is 1.71 bits per heavy atom. The molecule has 0 fully saturated rings. The number of nitrogens with zero attached hydrogens (tertiary/aromatic N) is 3. The highest BCUT2D eigenvalue weighted by molar-refractivity contribution is 7.14. The zero-order chi connectivity index (χ0) is 19.5. The van der Waals surface area contributed by atoms with Gasteiger partial charge in [0.05, 0.1) is 22.6 Å². The largest absolute Gasteiger partial charge is 0.274 e. The van der Waals surface area contributed by atoms with Crippen LogP contribution in [0.3, 0.4) is 0 Å². The molecule has 0 saturated heterocycles. The number of aromatic nitrogens is 2. The molecule has 0 N–H and O–H groups in total. The molecule has 0 aliphatic carbocycles. The molecule has 0 atom stereocenters. The molecule has 0 bridgehead atoms. The molecule has 4 aromatic rings. The summed E-state index contributed by atoms with van der Waals surface area (Å²) in [6.07, 6.45) is 3.70. The van der Waals surface area contributed by atoms with E-state index in [-0.39, 0.29) is 11.6 Å². The number of hydrogen-bond acceptors (Lipinski definition) is 4. The number of thiazole rings is 1. The molecule has 4 nitrogen and oxygen atoms in total. The van der Waals surface area contributed by atoms with E-state index in [1.54, 1.807) is 18.2 Å². The maximum Gasteiger partial charge on any atom is 0.230 e. The highest BCUT2D eigenvalue weighted by Crippen LogP contribution is 2.31. The van der Waals surface area contributed by atoms with E-state index in [1.165, 1.54) is 29.2 Å². The van der Waals surface area contributed by atoms with Crippen LogP contribution in [0.2, 0.25) is 0 Å². The van der Waals surface area contributed by atoms with Crippen molar-refractivity contribution in [2.75, 3.05) is 4.90 Å². The topological polar surface area (TPSA) is 46.1 Å². The van der Waals surface area contributed by atoms with Gasteiger partial charge in [-0.25, -0.2) is 14.4 Å². The minimum Gasteiger partial charge on any atom is -0.274 e. The number of rotatable bonds is 4. The van der Waals surface area contributed by atoms with Crippen LogP contribution in [0.5, 0.6) is 0 Å². The van der Waals surface area contributed by atoms with Gasteiger partial charge in [0.25, 0.3) is 0 Å². The van der Waals surface area contributed by atoms with Crippen molar-refractivity contribution < 1.29 is 9.18 Å². The van der Waals surface area contributed by atoms with Crippen molar-refractivity contribution in [3.63, 3.8) is 0 Å². The fourth-order valence-corrected chi connectivity index (χ4v) is 3.69. The Morgan fingerprint density at radius 3 is 2.54 bits per heavy atom. The number of benzene rings is 2. The number of anilines is 2. The second-order valence-electron chi connectivity index (χ2n) is 6.12. The van der Waals surface area contributed by atoms with Gasteiger partial charge in [0, 0.05) is 17.7 Å². The summed E-state index contributed by atoms with van der Waals surface area (Å²) in [4.78, 5) is 22.5. The number of halogens is 1. The van der Waals surface area contributed by atoms with Crippen LogP contribution >= 0.6 is 11.3 Å². The van der Waals surface area contributed by atoms with Crippen LogP contribution in [-0.4, -0.2) is 15.9 Å². The molecule has 0 aliphatic rings. The molecular formula is C22H16FN3OS. The van der Waals surface area contributed by atoms with Crippen molar-refractivity contribution in [2.24, 2.45) is 0 Å². The predicted octanol–water partition coefficient (Wildman–Crippen LogP) is 5.69. The molecule has 1 amide bonds. The van der Waals surface area contributed by atoms with Gasteiger partial charge in [0.1, 0.15) is 5.82 Å². The fraction of sp³-hybridized carbons (Fsp3) is 0.0455. The number of para-hydroxylation sites is 2. The summed E-state index contributed by atoms with van der Waals surface area (Å²) in [5.41, 5.74) is 2.60. The number of hydrogen-bond donors (Lipinski definition) is 0. The number of amides is 1. The average molecular weight is 389 g/mol. The van der Waals surface area contributed by atoms with Gasteiger partial charge in [-0.05, 0) is 36.4 Å². The van der Waals surface area contributed by atoms with E-state index in [2.05, 4.69) is 9.97 Å². The first-order valence-corrected chi connectivity index (χ1v) is 9.54. The molecule has 2 aromatic heterocycles. The van der Waals surface area contributed by atoms with Crippen molar-refractivity contribution >= 4 is 51.1 Å². The molecule has 0 radical (unpaired) electrons. The lowest BCUT2D eigenvalue weighted by atomic mass is 10.2. The Bertz CT molecular complexity index is 1190. The Morgan fingerprint density at radius 1 is 0.964 bits per heavy atom. The van der Waals surface area contributed by atoms with Crippen molar-refractivity contribution in [1.29, 1.82) is 0 Å². The monoisotopic (exact) mass is 389 g/mol. The first-order valence-electron chi connectivity index (χ1n) is 8.66. The predicted molar refractivity (Wildman–Crippen MR) is 112 cm³/mol. The summed E-state index contributed by atoms with van der Waals surface area (Å²) in [5, 5.41) is 3.32. The first-order chi connectivity index (χ1) is 13.6. The van der Waals surface area contributed by atoms with Crippen molar-refractivity contribution in [2.45, 2.75) is 6.92 Å². The van der Waals surface area contributed by atoms with E-state index in [4.69, 9.17) is 0 Å². The van der Waals surface area contributed by atoms with Gasteiger partial charge in [-0.2, -0.15) is 0 Å². The normalized spacial score (nSPS) is 11.2. The van der Waals surface area contributed by atoms with E-state index in [1.807, 2.05) is 53.9 Å². The van der Waals surface area contributed by atoms with Crippen LogP contribution in [0.1, 0.15) is 18.3 Å². The molecule has 0 saturated carbocycles.